The lowest BCUT2D eigenvalue weighted by Gasteiger charge is -2.29. The highest BCUT2D eigenvalue weighted by molar-refractivity contribution is 7.11. The molecule has 27 heavy (non-hydrogen) atoms. The molecule has 3 aromatic rings. The van der Waals surface area contributed by atoms with Gasteiger partial charge in [-0.15, -0.1) is 16.4 Å². The van der Waals surface area contributed by atoms with Gasteiger partial charge in [-0.25, -0.2) is 9.50 Å². The summed E-state index contributed by atoms with van der Waals surface area (Å²) < 4.78 is 1.55. The molecule has 0 spiro atoms. The monoisotopic (exact) mass is 381 g/mol. The molecule has 1 amide bonds. The van der Waals surface area contributed by atoms with Gasteiger partial charge in [0.15, 0.2) is 0 Å². The van der Waals surface area contributed by atoms with Gasteiger partial charge in [0.05, 0.1) is 17.4 Å². The number of hydrogen-bond donors (Lipinski definition) is 3. The molecule has 1 aliphatic rings. The molecule has 2 atom stereocenters. The number of hydrogen-bond acceptors (Lipinski definition) is 7. The number of carbonyl (C=O) groups is 1. The highest BCUT2D eigenvalue weighted by Gasteiger charge is 2.23. The van der Waals surface area contributed by atoms with Gasteiger partial charge in [0.25, 0.3) is 5.91 Å². The Labute approximate surface area is 160 Å². The van der Waals surface area contributed by atoms with E-state index in [2.05, 4.69) is 26.8 Å². The molecular formula is C18H19N7OS. The fraction of sp³-hybridized carbons (Fsp3) is 0.333. The van der Waals surface area contributed by atoms with Crippen LogP contribution in [0.5, 0.6) is 0 Å². The third-order valence-corrected chi connectivity index (χ3v) is 5.60. The summed E-state index contributed by atoms with van der Waals surface area (Å²) in [5.74, 6) is 0.118. The van der Waals surface area contributed by atoms with E-state index in [1.807, 2.05) is 0 Å². The number of aromatic nitrogens is 3. The van der Waals surface area contributed by atoms with E-state index in [9.17, 15) is 4.79 Å². The number of carbonyl (C=O) groups excluding carboxylic acids is 1. The van der Waals surface area contributed by atoms with Crippen LogP contribution in [0.3, 0.4) is 0 Å². The van der Waals surface area contributed by atoms with Crippen LogP contribution >= 0.6 is 11.3 Å². The Kier molecular flexibility index (Phi) is 4.75. The minimum Gasteiger partial charge on any atom is -0.349 e. The molecule has 0 saturated heterocycles. The third kappa shape index (κ3) is 3.49. The summed E-state index contributed by atoms with van der Waals surface area (Å²) in [5.41, 5.74) is 7.78. The molecule has 3 heterocycles. The number of thiophene rings is 1. The summed E-state index contributed by atoms with van der Waals surface area (Å²) in [6.45, 7) is 0. The fourth-order valence-corrected chi connectivity index (χ4v) is 3.96. The number of nitriles is 1. The van der Waals surface area contributed by atoms with Crippen molar-refractivity contribution >= 4 is 34.4 Å². The minimum atomic E-state index is -0.330. The average molecular weight is 381 g/mol. The number of nitrogens with zero attached hydrogens (tertiary/aromatic N) is 4. The first-order valence-electron chi connectivity index (χ1n) is 8.81. The predicted octanol–water partition coefficient (Wildman–Crippen LogP) is 2.60. The molecule has 4 rings (SSSR count). The second-order valence-electron chi connectivity index (χ2n) is 6.57. The van der Waals surface area contributed by atoms with Crippen LogP contribution in [0.4, 0.5) is 11.6 Å². The van der Waals surface area contributed by atoms with Gasteiger partial charge in [-0.05, 0) is 36.4 Å². The third-order valence-electron chi connectivity index (χ3n) is 4.78. The number of anilines is 2. The van der Waals surface area contributed by atoms with Gasteiger partial charge in [0, 0.05) is 12.1 Å². The van der Waals surface area contributed by atoms with E-state index in [-0.39, 0.29) is 18.0 Å². The van der Waals surface area contributed by atoms with E-state index < -0.39 is 0 Å². The first kappa shape index (κ1) is 17.5. The molecule has 1 fully saturated rings. The Morgan fingerprint density at radius 2 is 2.19 bits per heavy atom. The lowest BCUT2D eigenvalue weighted by atomic mass is 9.91. The van der Waals surface area contributed by atoms with Gasteiger partial charge >= 0.3 is 0 Å². The minimum absolute atomic E-state index is 0.0773. The molecule has 8 nitrogen and oxygen atoms in total. The summed E-state index contributed by atoms with van der Waals surface area (Å²) in [5, 5.41) is 21.4. The molecule has 0 unspecified atom stereocenters. The second-order valence-corrected chi connectivity index (χ2v) is 7.48. The van der Waals surface area contributed by atoms with Crippen LogP contribution in [0.1, 0.15) is 41.0 Å². The standard InChI is InChI=1S/C18H19N7OS/c19-9-16-14(7-8-27-16)22-17(26)15-6-5-11-10-21-18(24-25(11)15)23-13-4-2-1-3-12(13)20/h5-8,10,12-13H,1-4,20H2,(H,22,26)(H,23,24)/t12-,13+/m0/s1. The van der Waals surface area contributed by atoms with E-state index in [0.717, 1.165) is 25.7 Å². The van der Waals surface area contributed by atoms with Gasteiger partial charge in [-0.3, -0.25) is 4.79 Å². The van der Waals surface area contributed by atoms with Crippen molar-refractivity contribution in [1.29, 1.82) is 5.26 Å². The van der Waals surface area contributed by atoms with Crippen molar-refractivity contribution < 1.29 is 4.79 Å². The summed E-state index contributed by atoms with van der Waals surface area (Å²) in [6, 6.07) is 7.46. The van der Waals surface area contributed by atoms with E-state index in [1.54, 1.807) is 34.3 Å². The number of amides is 1. The van der Waals surface area contributed by atoms with E-state index in [1.165, 1.54) is 11.3 Å². The summed E-state index contributed by atoms with van der Waals surface area (Å²) >= 11 is 1.28. The van der Waals surface area contributed by atoms with Crippen LogP contribution < -0.4 is 16.4 Å². The van der Waals surface area contributed by atoms with Crippen LogP contribution in [-0.2, 0) is 0 Å². The zero-order valence-electron chi connectivity index (χ0n) is 14.6. The van der Waals surface area contributed by atoms with Crippen LogP contribution in [0.25, 0.3) is 5.52 Å². The van der Waals surface area contributed by atoms with Gasteiger partial charge in [0.2, 0.25) is 5.95 Å². The summed E-state index contributed by atoms with van der Waals surface area (Å²) in [6.07, 6.45) is 5.92. The zero-order valence-corrected chi connectivity index (χ0v) is 15.4. The normalized spacial score (nSPS) is 19.6. The van der Waals surface area contributed by atoms with Crippen molar-refractivity contribution in [1.82, 2.24) is 14.6 Å². The van der Waals surface area contributed by atoms with Crippen molar-refractivity contribution in [3.63, 3.8) is 0 Å². The molecule has 3 aromatic heterocycles. The summed E-state index contributed by atoms with van der Waals surface area (Å²) in [7, 11) is 0. The van der Waals surface area contributed by atoms with Gasteiger partial charge in [-0.2, -0.15) is 5.26 Å². The maximum atomic E-state index is 12.7. The molecule has 0 aromatic carbocycles. The average Bonchev–Trinajstić information content (AvgIpc) is 3.29. The van der Waals surface area contributed by atoms with Crippen molar-refractivity contribution in [2.45, 2.75) is 37.8 Å². The van der Waals surface area contributed by atoms with Crippen molar-refractivity contribution in [3.8, 4) is 6.07 Å². The molecule has 0 radical (unpaired) electrons. The van der Waals surface area contributed by atoms with Crippen molar-refractivity contribution in [3.05, 3.63) is 40.3 Å². The second kappa shape index (κ2) is 7.34. The molecule has 9 heteroatoms. The van der Waals surface area contributed by atoms with E-state index >= 15 is 0 Å². The Hall–Kier alpha value is -2.96. The smallest absolute Gasteiger partial charge is 0.274 e. The van der Waals surface area contributed by atoms with Crippen LogP contribution in [0.2, 0.25) is 0 Å². The predicted molar refractivity (Wildman–Crippen MR) is 104 cm³/mol. The Balaban J connectivity index is 1.58. The number of rotatable bonds is 4. The largest absolute Gasteiger partial charge is 0.349 e. The van der Waals surface area contributed by atoms with Crippen LogP contribution in [0.15, 0.2) is 29.8 Å². The lowest BCUT2D eigenvalue weighted by molar-refractivity contribution is 0.102. The maximum absolute atomic E-state index is 12.7. The number of nitrogens with two attached hydrogens (primary N) is 1. The first-order chi connectivity index (χ1) is 13.2. The molecule has 138 valence electrons. The maximum Gasteiger partial charge on any atom is 0.274 e. The van der Waals surface area contributed by atoms with Crippen LogP contribution in [-0.4, -0.2) is 32.6 Å². The molecule has 4 N–H and O–H groups in total. The molecule has 1 saturated carbocycles. The van der Waals surface area contributed by atoms with E-state index in [0.29, 0.717) is 27.7 Å². The van der Waals surface area contributed by atoms with Crippen molar-refractivity contribution in [2.75, 3.05) is 10.6 Å². The van der Waals surface area contributed by atoms with E-state index in [4.69, 9.17) is 11.0 Å². The lowest BCUT2D eigenvalue weighted by Crippen LogP contribution is -2.43. The molecule has 1 aliphatic carbocycles. The van der Waals surface area contributed by atoms with Crippen LogP contribution in [0, 0.1) is 11.3 Å². The highest BCUT2D eigenvalue weighted by atomic mass is 32.1. The number of fused-ring (bicyclic) bond motifs is 1. The summed E-state index contributed by atoms with van der Waals surface area (Å²) in [4.78, 5) is 17.5. The first-order valence-corrected chi connectivity index (χ1v) is 9.69. The SMILES string of the molecule is N#Cc1sccc1NC(=O)c1ccc2cnc(N[C@@H]3CCCC[C@@H]3N)nn12. The number of nitrogens with one attached hydrogen (secondary N) is 2. The Bertz CT molecular complexity index is 1020. The fourth-order valence-electron chi connectivity index (χ4n) is 3.32. The zero-order chi connectivity index (χ0) is 18.8. The van der Waals surface area contributed by atoms with Gasteiger partial charge < -0.3 is 16.4 Å². The van der Waals surface area contributed by atoms with Crippen molar-refractivity contribution in [2.24, 2.45) is 5.73 Å². The Morgan fingerprint density at radius 3 is 3.00 bits per heavy atom. The topological polar surface area (TPSA) is 121 Å². The molecule has 0 aliphatic heterocycles. The molecular weight excluding hydrogens is 362 g/mol. The highest BCUT2D eigenvalue weighted by Crippen LogP contribution is 2.23. The Morgan fingerprint density at radius 1 is 1.33 bits per heavy atom. The van der Waals surface area contributed by atoms with Gasteiger partial charge in [0.1, 0.15) is 16.6 Å². The molecule has 0 bridgehead atoms. The van der Waals surface area contributed by atoms with Gasteiger partial charge in [-0.1, -0.05) is 12.8 Å². The quantitative estimate of drug-likeness (QED) is 0.639.